The van der Waals surface area contributed by atoms with Gasteiger partial charge in [0, 0.05) is 31.1 Å². The fourth-order valence-electron chi connectivity index (χ4n) is 2.14. The molecule has 1 aromatic heterocycles. The molecule has 0 aliphatic rings. The van der Waals surface area contributed by atoms with E-state index in [2.05, 4.69) is 41.6 Å². The molecule has 102 valence electrons. The Morgan fingerprint density at radius 1 is 1.32 bits per heavy atom. The van der Waals surface area contributed by atoms with E-state index in [9.17, 15) is 0 Å². The predicted molar refractivity (Wildman–Crippen MR) is 77.1 cm³/mol. The minimum absolute atomic E-state index is 0.194. The summed E-state index contributed by atoms with van der Waals surface area (Å²) in [7, 11) is 1.93. The molecule has 1 heterocycles. The molecule has 0 fully saturated rings. The number of nitrogens with zero attached hydrogens (tertiary/aromatic N) is 2. The Morgan fingerprint density at radius 2 is 2.05 bits per heavy atom. The van der Waals surface area contributed by atoms with E-state index in [4.69, 9.17) is 5.11 Å². The van der Waals surface area contributed by atoms with Gasteiger partial charge >= 0.3 is 0 Å². The lowest BCUT2D eigenvalue weighted by atomic mass is 10.1. The van der Waals surface area contributed by atoms with Crippen molar-refractivity contribution in [2.75, 3.05) is 11.9 Å². The van der Waals surface area contributed by atoms with E-state index in [-0.39, 0.29) is 12.6 Å². The Balaban J connectivity index is 2.05. The van der Waals surface area contributed by atoms with Crippen molar-refractivity contribution in [1.82, 2.24) is 9.78 Å². The van der Waals surface area contributed by atoms with Crippen molar-refractivity contribution in [3.63, 3.8) is 0 Å². The lowest BCUT2D eigenvalue weighted by molar-refractivity contribution is 0.299. The quantitative estimate of drug-likeness (QED) is 0.838. The number of hydrogen-bond acceptors (Lipinski definition) is 3. The summed E-state index contributed by atoms with van der Waals surface area (Å²) in [4.78, 5) is 0. The average Bonchev–Trinajstić information content (AvgIpc) is 2.85. The third kappa shape index (κ3) is 3.58. The summed E-state index contributed by atoms with van der Waals surface area (Å²) in [5, 5.41) is 16.6. The van der Waals surface area contributed by atoms with Crippen LogP contribution in [0.15, 0.2) is 36.7 Å². The van der Waals surface area contributed by atoms with Crippen molar-refractivity contribution in [3.05, 3.63) is 47.8 Å². The van der Waals surface area contributed by atoms with E-state index in [0.717, 1.165) is 17.7 Å². The number of nitrogens with one attached hydrogen (secondary N) is 1. The van der Waals surface area contributed by atoms with Gasteiger partial charge < -0.3 is 10.4 Å². The summed E-state index contributed by atoms with van der Waals surface area (Å²) < 4.78 is 1.82. The molecule has 2 aromatic rings. The van der Waals surface area contributed by atoms with Gasteiger partial charge in [-0.25, -0.2) is 0 Å². The van der Waals surface area contributed by atoms with Gasteiger partial charge in [-0.3, -0.25) is 4.68 Å². The molecule has 1 unspecified atom stereocenters. The van der Waals surface area contributed by atoms with Gasteiger partial charge in [0.2, 0.25) is 0 Å². The molecule has 2 N–H and O–H groups in total. The minimum atomic E-state index is 0.194. The Bertz CT molecular complexity index is 504. The van der Waals surface area contributed by atoms with Crippen LogP contribution in [0.4, 0.5) is 5.69 Å². The zero-order valence-electron chi connectivity index (χ0n) is 11.5. The highest BCUT2D eigenvalue weighted by atomic mass is 16.2. The van der Waals surface area contributed by atoms with Crippen LogP contribution < -0.4 is 5.32 Å². The molecule has 2 rings (SSSR count). The monoisotopic (exact) mass is 259 g/mol. The molecule has 0 spiro atoms. The van der Waals surface area contributed by atoms with Crippen LogP contribution in [0.3, 0.4) is 0 Å². The van der Waals surface area contributed by atoms with E-state index >= 15 is 0 Å². The Morgan fingerprint density at radius 3 is 2.58 bits per heavy atom. The highest BCUT2D eigenvalue weighted by molar-refractivity contribution is 5.46. The maximum atomic E-state index is 8.90. The maximum absolute atomic E-state index is 8.90. The predicted octanol–water partition coefficient (Wildman–Crippen LogP) is 2.52. The van der Waals surface area contributed by atoms with Crippen LogP contribution in [-0.4, -0.2) is 21.5 Å². The maximum Gasteiger partial charge on any atom is 0.0542 e. The topological polar surface area (TPSA) is 50.1 Å². The summed E-state index contributed by atoms with van der Waals surface area (Å²) in [6, 6.07) is 8.49. The first-order valence-corrected chi connectivity index (χ1v) is 6.67. The van der Waals surface area contributed by atoms with Crippen LogP contribution in [-0.2, 0) is 13.5 Å². The second-order valence-corrected chi connectivity index (χ2v) is 4.72. The molecule has 0 saturated heterocycles. The highest BCUT2D eigenvalue weighted by Gasteiger charge is 2.10. The summed E-state index contributed by atoms with van der Waals surface area (Å²) in [6.07, 6.45) is 5.66. The zero-order chi connectivity index (χ0) is 13.7. The number of rotatable bonds is 6. The van der Waals surface area contributed by atoms with Crippen molar-refractivity contribution in [2.24, 2.45) is 7.05 Å². The van der Waals surface area contributed by atoms with Crippen molar-refractivity contribution in [2.45, 2.75) is 25.8 Å². The van der Waals surface area contributed by atoms with Crippen LogP contribution >= 0.6 is 0 Å². The van der Waals surface area contributed by atoms with Gasteiger partial charge in [-0.05, 0) is 30.5 Å². The second-order valence-electron chi connectivity index (χ2n) is 4.72. The molecular formula is C15H21N3O. The Kier molecular flexibility index (Phi) is 4.58. The third-order valence-electron chi connectivity index (χ3n) is 3.23. The Labute approximate surface area is 114 Å². The molecule has 0 bridgehead atoms. The van der Waals surface area contributed by atoms with Gasteiger partial charge in [0.1, 0.15) is 0 Å². The normalized spacial score (nSPS) is 12.4. The van der Waals surface area contributed by atoms with Gasteiger partial charge in [-0.15, -0.1) is 0 Å². The summed E-state index contributed by atoms with van der Waals surface area (Å²) in [5.41, 5.74) is 3.45. The number of aromatic nitrogens is 2. The lowest BCUT2D eigenvalue weighted by Crippen LogP contribution is -2.09. The first-order chi connectivity index (χ1) is 9.22. The zero-order valence-corrected chi connectivity index (χ0v) is 11.5. The molecule has 0 radical (unpaired) electrons. The number of hydrogen-bond donors (Lipinski definition) is 2. The second kappa shape index (κ2) is 6.38. The van der Waals surface area contributed by atoms with E-state index in [1.54, 1.807) is 0 Å². The van der Waals surface area contributed by atoms with E-state index in [1.165, 1.54) is 5.56 Å². The number of aliphatic hydroxyl groups is 1. The molecule has 0 aliphatic carbocycles. The average molecular weight is 259 g/mol. The van der Waals surface area contributed by atoms with E-state index < -0.39 is 0 Å². The van der Waals surface area contributed by atoms with Crippen molar-refractivity contribution >= 4 is 5.69 Å². The van der Waals surface area contributed by atoms with Crippen LogP contribution in [0.2, 0.25) is 0 Å². The fourth-order valence-corrected chi connectivity index (χ4v) is 2.14. The standard InChI is InChI=1S/C15H21N3O/c1-3-15(13-10-16-18(2)11-13)17-14-6-4-12(5-7-14)8-9-19/h4-7,10-11,15,17,19H,3,8-9H2,1-2H3. The van der Waals surface area contributed by atoms with E-state index in [1.807, 2.05) is 24.1 Å². The SMILES string of the molecule is CCC(Nc1ccc(CCO)cc1)c1cnn(C)c1. The van der Waals surface area contributed by atoms with Crippen LogP contribution in [0.5, 0.6) is 0 Å². The fraction of sp³-hybridized carbons (Fsp3) is 0.400. The summed E-state index contributed by atoms with van der Waals surface area (Å²) in [5.74, 6) is 0. The lowest BCUT2D eigenvalue weighted by Gasteiger charge is -2.17. The van der Waals surface area contributed by atoms with Crippen LogP contribution in [0.1, 0.15) is 30.5 Å². The van der Waals surface area contributed by atoms with E-state index in [0.29, 0.717) is 6.42 Å². The summed E-state index contributed by atoms with van der Waals surface area (Å²) >= 11 is 0. The smallest absolute Gasteiger partial charge is 0.0542 e. The molecule has 1 aromatic carbocycles. The van der Waals surface area contributed by atoms with Crippen LogP contribution in [0, 0.1) is 0 Å². The number of benzene rings is 1. The molecule has 0 saturated carbocycles. The van der Waals surface area contributed by atoms with Crippen LogP contribution in [0.25, 0.3) is 0 Å². The number of anilines is 1. The molecule has 19 heavy (non-hydrogen) atoms. The molecule has 0 aliphatic heterocycles. The minimum Gasteiger partial charge on any atom is -0.396 e. The van der Waals surface area contributed by atoms with Gasteiger partial charge in [0.15, 0.2) is 0 Å². The molecule has 4 heteroatoms. The highest BCUT2D eigenvalue weighted by Crippen LogP contribution is 2.22. The van der Waals surface area contributed by atoms with Gasteiger partial charge in [-0.2, -0.15) is 5.10 Å². The molecule has 1 atom stereocenters. The summed E-state index contributed by atoms with van der Waals surface area (Å²) in [6.45, 7) is 2.35. The van der Waals surface area contributed by atoms with Crippen molar-refractivity contribution < 1.29 is 5.11 Å². The first kappa shape index (κ1) is 13.6. The van der Waals surface area contributed by atoms with Crippen molar-refractivity contribution in [3.8, 4) is 0 Å². The number of aliphatic hydroxyl groups excluding tert-OH is 1. The largest absolute Gasteiger partial charge is 0.396 e. The van der Waals surface area contributed by atoms with Gasteiger partial charge in [0.05, 0.1) is 12.2 Å². The number of aryl methyl sites for hydroxylation is 1. The van der Waals surface area contributed by atoms with Crippen molar-refractivity contribution in [1.29, 1.82) is 0 Å². The Hall–Kier alpha value is -1.81. The molecular weight excluding hydrogens is 238 g/mol. The van der Waals surface area contributed by atoms with Gasteiger partial charge in [-0.1, -0.05) is 19.1 Å². The third-order valence-corrected chi connectivity index (χ3v) is 3.23. The molecule has 4 nitrogen and oxygen atoms in total. The molecule has 0 amide bonds. The first-order valence-electron chi connectivity index (χ1n) is 6.67. The van der Waals surface area contributed by atoms with Gasteiger partial charge in [0.25, 0.3) is 0 Å².